The number of anilines is 1. The van der Waals surface area contributed by atoms with Gasteiger partial charge in [-0.3, -0.25) is 4.79 Å². The molecule has 1 aromatic heterocycles. The zero-order valence-electron chi connectivity index (χ0n) is 12.8. The zero-order valence-corrected chi connectivity index (χ0v) is 12.8. The second-order valence-electron chi connectivity index (χ2n) is 5.70. The maximum atomic E-state index is 12.3. The Hall–Kier alpha value is -2.37. The van der Waals surface area contributed by atoms with Crippen LogP contribution in [-0.4, -0.2) is 38.7 Å². The van der Waals surface area contributed by atoms with Gasteiger partial charge < -0.3 is 10.6 Å². The summed E-state index contributed by atoms with van der Waals surface area (Å²) < 4.78 is 1.68. The monoisotopic (exact) mass is 299 g/mol. The van der Waals surface area contributed by atoms with Crippen molar-refractivity contribution in [2.24, 2.45) is 0 Å². The van der Waals surface area contributed by atoms with Crippen LogP contribution in [0.25, 0.3) is 11.4 Å². The molecule has 2 aromatic rings. The molecule has 0 radical (unpaired) electrons. The number of amides is 1. The highest BCUT2D eigenvalue weighted by atomic mass is 16.2. The molecule has 2 heterocycles. The van der Waals surface area contributed by atoms with Crippen molar-refractivity contribution in [1.29, 1.82) is 0 Å². The fourth-order valence-electron chi connectivity index (χ4n) is 2.70. The third-order valence-electron chi connectivity index (χ3n) is 4.02. The number of likely N-dealkylation sites (tertiary alicyclic amines) is 1. The molecule has 0 aliphatic carbocycles. The summed E-state index contributed by atoms with van der Waals surface area (Å²) in [4.78, 5) is 18.7. The summed E-state index contributed by atoms with van der Waals surface area (Å²) >= 11 is 0. The topological polar surface area (TPSA) is 77.0 Å². The number of rotatable bonds is 3. The number of benzene rings is 1. The van der Waals surface area contributed by atoms with Crippen molar-refractivity contribution >= 4 is 11.6 Å². The van der Waals surface area contributed by atoms with Crippen molar-refractivity contribution in [3.63, 3.8) is 0 Å². The highest BCUT2D eigenvalue weighted by Crippen LogP contribution is 2.17. The third kappa shape index (κ3) is 3.10. The van der Waals surface area contributed by atoms with E-state index in [0.29, 0.717) is 11.5 Å². The van der Waals surface area contributed by atoms with Crippen LogP contribution >= 0.6 is 0 Å². The first kappa shape index (κ1) is 14.6. The number of aryl methyl sites for hydroxylation is 1. The van der Waals surface area contributed by atoms with Gasteiger partial charge in [0.05, 0.1) is 0 Å². The number of nitrogen functional groups attached to an aromatic ring is 1. The van der Waals surface area contributed by atoms with E-state index >= 15 is 0 Å². The van der Waals surface area contributed by atoms with Crippen molar-refractivity contribution in [2.75, 3.05) is 18.8 Å². The van der Waals surface area contributed by atoms with E-state index in [-0.39, 0.29) is 12.5 Å². The quantitative estimate of drug-likeness (QED) is 0.877. The SMILES string of the molecule is Cc1nc(-c2ccc(N)cc2)nn1CC(=O)N1CCCCC1. The van der Waals surface area contributed by atoms with E-state index in [4.69, 9.17) is 5.73 Å². The summed E-state index contributed by atoms with van der Waals surface area (Å²) in [6.07, 6.45) is 3.41. The number of aromatic nitrogens is 3. The molecular formula is C16H21N5O. The molecule has 0 unspecified atom stereocenters. The van der Waals surface area contributed by atoms with Gasteiger partial charge in [-0.2, -0.15) is 5.10 Å². The highest BCUT2D eigenvalue weighted by Gasteiger charge is 2.18. The lowest BCUT2D eigenvalue weighted by molar-refractivity contribution is -0.132. The first-order valence-electron chi connectivity index (χ1n) is 7.68. The fraction of sp³-hybridized carbons (Fsp3) is 0.438. The summed E-state index contributed by atoms with van der Waals surface area (Å²) in [6, 6.07) is 7.43. The van der Waals surface area contributed by atoms with Gasteiger partial charge in [-0.25, -0.2) is 9.67 Å². The van der Waals surface area contributed by atoms with Gasteiger partial charge in [-0.15, -0.1) is 0 Å². The zero-order chi connectivity index (χ0) is 15.5. The van der Waals surface area contributed by atoms with Crippen molar-refractivity contribution < 1.29 is 4.79 Å². The van der Waals surface area contributed by atoms with Crippen molar-refractivity contribution in [2.45, 2.75) is 32.7 Å². The lowest BCUT2D eigenvalue weighted by Crippen LogP contribution is -2.38. The van der Waals surface area contributed by atoms with E-state index < -0.39 is 0 Å². The number of carbonyl (C=O) groups is 1. The van der Waals surface area contributed by atoms with Crippen LogP contribution in [0.15, 0.2) is 24.3 Å². The van der Waals surface area contributed by atoms with Gasteiger partial charge >= 0.3 is 0 Å². The third-order valence-corrected chi connectivity index (χ3v) is 4.02. The minimum absolute atomic E-state index is 0.122. The molecule has 0 spiro atoms. The average Bonchev–Trinajstić information content (AvgIpc) is 2.90. The van der Waals surface area contributed by atoms with Crippen molar-refractivity contribution in [3.05, 3.63) is 30.1 Å². The minimum atomic E-state index is 0.122. The molecule has 2 N–H and O–H groups in total. The van der Waals surface area contributed by atoms with Crippen LogP contribution in [0.1, 0.15) is 25.1 Å². The predicted molar refractivity (Wildman–Crippen MR) is 85.0 cm³/mol. The van der Waals surface area contributed by atoms with Crippen LogP contribution in [0, 0.1) is 6.92 Å². The molecule has 1 fully saturated rings. The van der Waals surface area contributed by atoms with Gasteiger partial charge in [0.2, 0.25) is 5.91 Å². The van der Waals surface area contributed by atoms with Crippen molar-refractivity contribution in [1.82, 2.24) is 19.7 Å². The molecule has 1 amide bonds. The van der Waals surface area contributed by atoms with Gasteiger partial charge in [0.15, 0.2) is 5.82 Å². The Labute approximate surface area is 129 Å². The second kappa shape index (κ2) is 6.17. The van der Waals surface area contributed by atoms with Gasteiger partial charge in [0.25, 0.3) is 0 Å². The molecule has 6 heteroatoms. The Balaban J connectivity index is 1.74. The number of nitrogens with two attached hydrogens (primary N) is 1. The highest BCUT2D eigenvalue weighted by molar-refractivity contribution is 5.76. The van der Waals surface area contributed by atoms with E-state index in [1.54, 1.807) is 4.68 Å². The van der Waals surface area contributed by atoms with Crippen LogP contribution < -0.4 is 5.73 Å². The summed E-state index contributed by atoms with van der Waals surface area (Å²) in [5.41, 5.74) is 7.30. The van der Waals surface area contributed by atoms with Crippen LogP contribution in [0.3, 0.4) is 0 Å². The molecule has 3 rings (SSSR count). The predicted octanol–water partition coefficient (Wildman–Crippen LogP) is 1.85. The van der Waals surface area contributed by atoms with Crippen LogP contribution in [0.5, 0.6) is 0 Å². The summed E-state index contributed by atoms with van der Waals surface area (Å²) in [5.74, 6) is 1.50. The van der Waals surface area contributed by atoms with Gasteiger partial charge in [0.1, 0.15) is 12.4 Å². The number of piperidine rings is 1. The Morgan fingerprint density at radius 3 is 2.55 bits per heavy atom. The largest absolute Gasteiger partial charge is 0.399 e. The number of nitrogens with zero attached hydrogens (tertiary/aromatic N) is 4. The molecule has 0 saturated carbocycles. The summed E-state index contributed by atoms with van der Waals surface area (Å²) in [7, 11) is 0. The van der Waals surface area contributed by atoms with Gasteiger partial charge in [0, 0.05) is 24.3 Å². The van der Waals surface area contributed by atoms with Gasteiger partial charge in [-0.1, -0.05) is 0 Å². The number of carbonyl (C=O) groups excluding carboxylic acids is 1. The normalized spacial score (nSPS) is 15.0. The number of hydrogen-bond acceptors (Lipinski definition) is 4. The molecule has 0 atom stereocenters. The van der Waals surface area contributed by atoms with Crippen molar-refractivity contribution in [3.8, 4) is 11.4 Å². The Bertz CT molecular complexity index is 656. The molecule has 1 saturated heterocycles. The molecule has 0 bridgehead atoms. The molecule has 22 heavy (non-hydrogen) atoms. The molecule has 116 valence electrons. The van der Waals surface area contributed by atoms with E-state index in [1.165, 1.54) is 6.42 Å². The average molecular weight is 299 g/mol. The maximum Gasteiger partial charge on any atom is 0.244 e. The minimum Gasteiger partial charge on any atom is -0.399 e. The van der Waals surface area contributed by atoms with Gasteiger partial charge in [-0.05, 0) is 50.5 Å². The second-order valence-corrected chi connectivity index (χ2v) is 5.70. The standard InChI is InChI=1S/C16H21N5O/c1-12-18-16(13-5-7-14(17)8-6-13)19-21(12)11-15(22)20-9-3-2-4-10-20/h5-8H,2-4,9-11,17H2,1H3. The maximum absolute atomic E-state index is 12.3. The Morgan fingerprint density at radius 1 is 1.18 bits per heavy atom. The summed E-state index contributed by atoms with van der Waals surface area (Å²) in [5, 5.41) is 4.46. The Kier molecular flexibility index (Phi) is 4.09. The molecule has 6 nitrogen and oxygen atoms in total. The lowest BCUT2D eigenvalue weighted by Gasteiger charge is -2.26. The van der Waals surface area contributed by atoms with E-state index in [0.717, 1.165) is 37.3 Å². The first-order chi connectivity index (χ1) is 10.6. The number of hydrogen-bond donors (Lipinski definition) is 1. The molecule has 1 aliphatic heterocycles. The van der Waals surface area contributed by atoms with Crippen LogP contribution in [0.2, 0.25) is 0 Å². The van der Waals surface area contributed by atoms with E-state index in [9.17, 15) is 4.79 Å². The smallest absolute Gasteiger partial charge is 0.244 e. The first-order valence-corrected chi connectivity index (χ1v) is 7.68. The van der Waals surface area contributed by atoms with Crippen LogP contribution in [-0.2, 0) is 11.3 Å². The molecular weight excluding hydrogens is 278 g/mol. The lowest BCUT2D eigenvalue weighted by atomic mass is 10.1. The fourth-order valence-corrected chi connectivity index (χ4v) is 2.70. The molecule has 1 aliphatic rings. The van der Waals surface area contributed by atoms with Crippen LogP contribution in [0.4, 0.5) is 5.69 Å². The Morgan fingerprint density at radius 2 is 1.86 bits per heavy atom. The summed E-state index contributed by atoms with van der Waals surface area (Å²) in [6.45, 7) is 3.85. The van der Waals surface area contributed by atoms with E-state index in [2.05, 4.69) is 10.1 Å². The van der Waals surface area contributed by atoms with E-state index in [1.807, 2.05) is 36.1 Å². The molecule has 1 aromatic carbocycles.